The van der Waals surface area contributed by atoms with Gasteiger partial charge in [-0.3, -0.25) is 15.2 Å². The molecule has 0 saturated heterocycles. The Bertz CT molecular complexity index is 618. The molecule has 0 atom stereocenters. The third-order valence-electron chi connectivity index (χ3n) is 2.96. The molecule has 0 aliphatic rings. The van der Waals surface area contributed by atoms with Gasteiger partial charge in [-0.25, -0.2) is 15.2 Å². The summed E-state index contributed by atoms with van der Waals surface area (Å²) in [4.78, 5) is 33.1. The first-order valence-electron chi connectivity index (χ1n) is 6.86. The topological polar surface area (TPSA) is 87.2 Å². The van der Waals surface area contributed by atoms with E-state index in [0.29, 0.717) is 13.1 Å². The lowest BCUT2D eigenvalue weighted by Crippen LogP contribution is -2.48. The second-order valence-electron chi connectivity index (χ2n) is 4.47. The molecule has 2 aromatic rings. The minimum absolute atomic E-state index is 0.133. The lowest BCUT2D eigenvalue weighted by molar-refractivity contribution is 0.0924. The van der Waals surface area contributed by atoms with Crippen LogP contribution in [0.15, 0.2) is 48.9 Å². The van der Waals surface area contributed by atoms with Crippen LogP contribution < -0.4 is 10.9 Å². The van der Waals surface area contributed by atoms with Crippen LogP contribution in [-0.4, -0.2) is 33.4 Å². The van der Waals surface area contributed by atoms with Crippen molar-refractivity contribution in [3.63, 3.8) is 0 Å². The number of aromatic nitrogens is 2. The zero-order valence-corrected chi connectivity index (χ0v) is 12.2. The van der Waals surface area contributed by atoms with Gasteiger partial charge in [0.1, 0.15) is 5.69 Å². The van der Waals surface area contributed by atoms with Crippen molar-refractivity contribution < 1.29 is 9.59 Å². The predicted molar refractivity (Wildman–Crippen MR) is 80.6 cm³/mol. The van der Waals surface area contributed by atoms with Gasteiger partial charge in [0.2, 0.25) is 0 Å². The van der Waals surface area contributed by atoms with Gasteiger partial charge in [0, 0.05) is 25.5 Å². The largest absolute Gasteiger partial charge is 0.336 e. The van der Waals surface area contributed by atoms with E-state index in [0.717, 1.165) is 5.56 Å². The summed E-state index contributed by atoms with van der Waals surface area (Å²) in [5, 5.41) is 0. The van der Waals surface area contributed by atoms with E-state index in [1.807, 2.05) is 37.3 Å². The molecule has 0 unspecified atom stereocenters. The summed E-state index contributed by atoms with van der Waals surface area (Å²) < 4.78 is 0. The summed E-state index contributed by atoms with van der Waals surface area (Å²) in [5.74, 6) is -0.516. The molecule has 7 heteroatoms. The average molecular weight is 299 g/mol. The Morgan fingerprint density at radius 3 is 2.55 bits per heavy atom. The van der Waals surface area contributed by atoms with E-state index in [1.165, 1.54) is 18.6 Å². The Morgan fingerprint density at radius 2 is 1.91 bits per heavy atom. The molecular formula is C15H17N5O2. The number of hydrazine groups is 1. The Hall–Kier alpha value is -2.96. The van der Waals surface area contributed by atoms with E-state index < -0.39 is 5.91 Å². The van der Waals surface area contributed by atoms with E-state index in [2.05, 4.69) is 20.8 Å². The molecule has 0 aliphatic heterocycles. The summed E-state index contributed by atoms with van der Waals surface area (Å²) in [7, 11) is 0. The van der Waals surface area contributed by atoms with E-state index in [1.54, 1.807) is 4.90 Å². The molecule has 0 radical (unpaired) electrons. The molecule has 0 spiro atoms. The zero-order valence-electron chi connectivity index (χ0n) is 12.2. The second-order valence-corrected chi connectivity index (χ2v) is 4.47. The van der Waals surface area contributed by atoms with Gasteiger partial charge in [-0.2, -0.15) is 0 Å². The molecule has 7 nitrogen and oxygen atoms in total. The quantitative estimate of drug-likeness (QED) is 0.834. The van der Waals surface area contributed by atoms with Crippen molar-refractivity contribution in [2.75, 3.05) is 6.54 Å². The summed E-state index contributed by atoms with van der Waals surface area (Å²) in [5.41, 5.74) is 5.84. The monoisotopic (exact) mass is 299 g/mol. The lowest BCUT2D eigenvalue weighted by Gasteiger charge is -2.21. The van der Waals surface area contributed by atoms with E-state index in [-0.39, 0.29) is 11.7 Å². The van der Waals surface area contributed by atoms with Crippen molar-refractivity contribution in [1.82, 2.24) is 25.7 Å². The van der Waals surface area contributed by atoms with Gasteiger partial charge < -0.3 is 4.90 Å². The summed E-state index contributed by atoms with van der Waals surface area (Å²) >= 11 is 0. The van der Waals surface area contributed by atoms with Crippen molar-refractivity contribution in [2.24, 2.45) is 0 Å². The van der Waals surface area contributed by atoms with Gasteiger partial charge in [0.25, 0.3) is 5.91 Å². The molecule has 1 aromatic heterocycles. The van der Waals surface area contributed by atoms with Crippen LogP contribution in [0.4, 0.5) is 4.79 Å². The maximum Gasteiger partial charge on any atom is 0.336 e. The first kappa shape index (κ1) is 15.4. The predicted octanol–water partition coefficient (Wildman–Crippen LogP) is 1.35. The molecule has 2 rings (SSSR count). The van der Waals surface area contributed by atoms with Gasteiger partial charge in [-0.05, 0) is 12.5 Å². The van der Waals surface area contributed by atoms with Crippen LogP contribution in [0.25, 0.3) is 0 Å². The minimum atomic E-state index is -0.516. The minimum Gasteiger partial charge on any atom is -0.319 e. The molecule has 0 saturated carbocycles. The van der Waals surface area contributed by atoms with Crippen molar-refractivity contribution in [3.05, 3.63) is 60.2 Å². The fraction of sp³-hybridized carbons (Fsp3) is 0.200. The fourth-order valence-corrected chi connectivity index (χ4v) is 1.80. The molecule has 0 aliphatic carbocycles. The summed E-state index contributed by atoms with van der Waals surface area (Å²) in [6.07, 6.45) is 4.20. The number of hydrogen-bond donors (Lipinski definition) is 2. The van der Waals surface area contributed by atoms with Crippen LogP contribution >= 0.6 is 0 Å². The number of urea groups is 1. The molecule has 3 amide bonds. The Morgan fingerprint density at radius 1 is 1.14 bits per heavy atom. The number of nitrogens with one attached hydrogen (secondary N) is 2. The standard InChI is InChI=1S/C15H17N5O2/c1-2-20(11-12-6-4-3-5-7-12)15(22)19-18-14(21)13-10-16-8-9-17-13/h3-10H,2,11H2,1H3,(H,18,21)(H,19,22). The van der Waals surface area contributed by atoms with E-state index in [4.69, 9.17) is 0 Å². The van der Waals surface area contributed by atoms with Crippen molar-refractivity contribution in [3.8, 4) is 0 Å². The molecular weight excluding hydrogens is 282 g/mol. The molecule has 0 fully saturated rings. The number of rotatable bonds is 4. The normalized spacial score (nSPS) is 9.86. The molecule has 1 aromatic carbocycles. The van der Waals surface area contributed by atoms with Gasteiger partial charge in [-0.15, -0.1) is 0 Å². The van der Waals surface area contributed by atoms with E-state index >= 15 is 0 Å². The van der Waals surface area contributed by atoms with Crippen LogP contribution in [0.5, 0.6) is 0 Å². The third kappa shape index (κ3) is 4.27. The van der Waals surface area contributed by atoms with Gasteiger partial charge in [0.05, 0.1) is 6.20 Å². The highest BCUT2D eigenvalue weighted by molar-refractivity contribution is 5.93. The maximum atomic E-state index is 12.1. The smallest absolute Gasteiger partial charge is 0.319 e. The van der Waals surface area contributed by atoms with Crippen LogP contribution in [0, 0.1) is 0 Å². The number of carbonyl (C=O) groups is 2. The summed E-state index contributed by atoms with van der Waals surface area (Å²) in [6, 6.07) is 9.24. The number of nitrogens with zero attached hydrogens (tertiary/aromatic N) is 3. The van der Waals surface area contributed by atoms with Crippen LogP contribution in [0.2, 0.25) is 0 Å². The Labute approximate surface area is 128 Å². The van der Waals surface area contributed by atoms with Gasteiger partial charge >= 0.3 is 6.03 Å². The first-order valence-corrected chi connectivity index (χ1v) is 6.86. The van der Waals surface area contributed by atoms with Crippen LogP contribution in [-0.2, 0) is 6.54 Å². The SMILES string of the molecule is CCN(Cc1ccccc1)C(=O)NNC(=O)c1cnccn1. The highest BCUT2D eigenvalue weighted by atomic mass is 16.2. The molecule has 114 valence electrons. The third-order valence-corrected chi connectivity index (χ3v) is 2.96. The van der Waals surface area contributed by atoms with Gasteiger partial charge in [0.15, 0.2) is 0 Å². The second kappa shape index (κ2) is 7.72. The number of benzene rings is 1. The maximum absolute atomic E-state index is 12.1. The molecule has 2 N–H and O–H groups in total. The van der Waals surface area contributed by atoms with Crippen molar-refractivity contribution >= 4 is 11.9 Å². The zero-order chi connectivity index (χ0) is 15.8. The Kier molecular flexibility index (Phi) is 5.42. The van der Waals surface area contributed by atoms with E-state index in [9.17, 15) is 9.59 Å². The highest BCUT2D eigenvalue weighted by Gasteiger charge is 2.14. The fourth-order valence-electron chi connectivity index (χ4n) is 1.80. The number of carbonyl (C=O) groups excluding carboxylic acids is 2. The van der Waals surface area contributed by atoms with Gasteiger partial charge in [-0.1, -0.05) is 30.3 Å². The molecule has 1 heterocycles. The lowest BCUT2D eigenvalue weighted by atomic mass is 10.2. The highest BCUT2D eigenvalue weighted by Crippen LogP contribution is 2.04. The van der Waals surface area contributed by atoms with Crippen LogP contribution in [0.1, 0.15) is 23.0 Å². The molecule has 22 heavy (non-hydrogen) atoms. The Balaban J connectivity index is 1.88. The van der Waals surface area contributed by atoms with Crippen molar-refractivity contribution in [1.29, 1.82) is 0 Å². The first-order chi connectivity index (χ1) is 10.7. The van der Waals surface area contributed by atoms with Crippen LogP contribution in [0.3, 0.4) is 0 Å². The molecule has 0 bridgehead atoms. The average Bonchev–Trinajstić information content (AvgIpc) is 2.59. The van der Waals surface area contributed by atoms with Crippen molar-refractivity contribution in [2.45, 2.75) is 13.5 Å². The summed E-state index contributed by atoms with van der Waals surface area (Å²) in [6.45, 7) is 2.85. The number of amides is 3. The number of hydrogen-bond acceptors (Lipinski definition) is 4.